The summed E-state index contributed by atoms with van der Waals surface area (Å²) in [5.74, 6) is 4.69. The zero-order valence-electron chi connectivity index (χ0n) is 30.0. The standard InChI is InChI=1S/C29H40N4O4.C9H9N3O2/c1-28(36)13-11-21-18(16-28)7-8-23-22(21)12-14-29(2)24(23)9-10-25(29)26(34)17-32-27(35)33(31-30-32)19-5-4-6-20(15-19)37-3;1-14-8-4-2-3-7(5-8)12-9(13)6-10-11-12/h4-6,15,18,21-25,36H,7-14,16-17H2,1-3H3;2-5H,6H2,1H3/t18-,21+,22-,23-,24+,25-,28-,29+;/m1./s1. The molecule has 1 aromatic heterocycles. The van der Waals surface area contributed by atoms with Crippen molar-refractivity contribution in [2.75, 3.05) is 25.8 Å². The highest BCUT2D eigenvalue weighted by Crippen LogP contribution is 2.64. The number of fused-ring (bicyclic) bond motifs is 5. The number of aliphatic hydroxyl groups is 1. The summed E-state index contributed by atoms with van der Waals surface area (Å²) in [5.41, 5.74) is 0.341. The van der Waals surface area contributed by atoms with E-state index in [4.69, 9.17) is 9.47 Å². The van der Waals surface area contributed by atoms with Crippen LogP contribution in [0, 0.1) is 40.9 Å². The van der Waals surface area contributed by atoms with Gasteiger partial charge in [-0.3, -0.25) is 9.59 Å². The van der Waals surface area contributed by atoms with Crippen LogP contribution in [-0.4, -0.2) is 63.0 Å². The molecule has 4 aliphatic carbocycles. The second kappa shape index (κ2) is 14.0. The number of anilines is 1. The highest BCUT2D eigenvalue weighted by atomic mass is 16.5. The number of ketones is 1. The zero-order chi connectivity index (χ0) is 35.9. The lowest BCUT2D eigenvalue weighted by Crippen LogP contribution is -2.51. The molecule has 2 heterocycles. The van der Waals surface area contributed by atoms with Crippen LogP contribution >= 0.6 is 0 Å². The number of hydrogen-bond acceptors (Lipinski definition) is 10. The topological polar surface area (TPSA) is 154 Å². The van der Waals surface area contributed by atoms with Gasteiger partial charge < -0.3 is 14.6 Å². The minimum Gasteiger partial charge on any atom is -0.497 e. The fraction of sp³-hybridized carbons (Fsp3) is 0.605. The second-order valence-corrected chi connectivity index (χ2v) is 15.6. The Kier molecular flexibility index (Phi) is 9.59. The number of aromatic nitrogens is 4. The Balaban J connectivity index is 0.000000243. The van der Waals surface area contributed by atoms with Crippen LogP contribution in [0.25, 0.3) is 5.69 Å². The number of methoxy groups -OCH3 is 2. The van der Waals surface area contributed by atoms with E-state index in [1.807, 2.05) is 6.92 Å². The van der Waals surface area contributed by atoms with Gasteiger partial charge in [0.25, 0.3) is 5.91 Å². The van der Waals surface area contributed by atoms with Gasteiger partial charge in [0.2, 0.25) is 0 Å². The first-order valence-electron chi connectivity index (χ1n) is 18.3. The summed E-state index contributed by atoms with van der Waals surface area (Å²) in [5, 5.41) is 27.3. The minimum atomic E-state index is -0.492. The summed E-state index contributed by atoms with van der Waals surface area (Å²) in [6, 6.07) is 14.2. The van der Waals surface area contributed by atoms with Gasteiger partial charge in [-0.05, 0) is 134 Å². The van der Waals surface area contributed by atoms with E-state index < -0.39 is 11.3 Å². The van der Waals surface area contributed by atoms with Crippen LogP contribution in [0.15, 0.2) is 63.7 Å². The molecule has 5 aliphatic rings. The molecule has 1 amide bonds. The molecule has 13 nitrogen and oxygen atoms in total. The molecule has 2 aromatic carbocycles. The summed E-state index contributed by atoms with van der Waals surface area (Å²) in [7, 11) is 3.15. The van der Waals surface area contributed by atoms with E-state index in [2.05, 4.69) is 27.7 Å². The summed E-state index contributed by atoms with van der Waals surface area (Å²) in [6.45, 7) is 4.46. The van der Waals surface area contributed by atoms with E-state index in [9.17, 15) is 19.5 Å². The van der Waals surface area contributed by atoms with Crippen molar-refractivity contribution >= 4 is 17.4 Å². The van der Waals surface area contributed by atoms with Crippen molar-refractivity contribution in [3.8, 4) is 17.2 Å². The number of carbonyl (C=O) groups is 2. The van der Waals surface area contributed by atoms with Crippen LogP contribution in [-0.2, 0) is 16.1 Å². The van der Waals surface area contributed by atoms with Gasteiger partial charge in [-0.15, -0.1) is 0 Å². The molecule has 8 rings (SSSR count). The molecule has 4 saturated carbocycles. The largest absolute Gasteiger partial charge is 0.497 e. The van der Waals surface area contributed by atoms with E-state index >= 15 is 0 Å². The highest BCUT2D eigenvalue weighted by Gasteiger charge is 2.58. The maximum Gasteiger partial charge on any atom is 0.368 e. The van der Waals surface area contributed by atoms with Crippen LogP contribution in [0.3, 0.4) is 0 Å². The number of hydrogen-bond donors (Lipinski definition) is 1. The Hall–Kier alpha value is -4.39. The monoisotopic (exact) mass is 699 g/mol. The Morgan fingerprint density at radius 3 is 2.27 bits per heavy atom. The third-order valence-electron chi connectivity index (χ3n) is 12.8. The van der Waals surface area contributed by atoms with E-state index in [-0.39, 0.29) is 36.1 Å². The van der Waals surface area contributed by atoms with Crippen molar-refractivity contribution in [3.05, 3.63) is 59.0 Å². The lowest BCUT2D eigenvalue weighted by atomic mass is 9.49. The van der Waals surface area contributed by atoms with Crippen molar-refractivity contribution in [1.29, 1.82) is 0 Å². The van der Waals surface area contributed by atoms with Crippen LogP contribution in [0.4, 0.5) is 5.69 Å². The molecule has 3 aromatic rings. The Morgan fingerprint density at radius 2 is 1.57 bits per heavy atom. The lowest BCUT2D eigenvalue weighted by Gasteiger charge is -2.56. The van der Waals surface area contributed by atoms with Crippen molar-refractivity contribution in [3.63, 3.8) is 0 Å². The molecule has 8 atom stereocenters. The first-order valence-corrected chi connectivity index (χ1v) is 18.3. The molecule has 13 heteroatoms. The Labute approximate surface area is 298 Å². The van der Waals surface area contributed by atoms with Crippen LogP contribution in [0.1, 0.15) is 71.6 Å². The smallest absolute Gasteiger partial charge is 0.368 e. The Morgan fingerprint density at radius 1 is 0.863 bits per heavy atom. The van der Waals surface area contributed by atoms with Gasteiger partial charge in [-0.2, -0.15) is 19.5 Å². The van der Waals surface area contributed by atoms with Gasteiger partial charge in [-0.25, -0.2) is 4.79 Å². The fourth-order valence-corrected chi connectivity index (χ4v) is 10.4. The average molecular weight is 700 g/mol. The van der Waals surface area contributed by atoms with Gasteiger partial charge in [0.05, 0.1) is 31.2 Å². The first-order chi connectivity index (χ1) is 24.5. The number of benzene rings is 2. The van der Waals surface area contributed by atoms with Gasteiger partial charge >= 0.3 is 5.69 Å². The number of rotatable bonds is 7. The highest BCUT2D eigenvalue weighted by molar-refractivity contribution is 5.95. The van der Waals surface area contributed by atoms with E-state index in [1.165, 1.54) is 33.6 Å². The number of Topliss-reactive ketones (excluding diaryl/α,β-unsaturated/α-hetero) is 1. The van der Waals surface area contributed by atoms with Gasteiger partial charge in [0.1, 0.15) is 24.6 Å². The van der Waals surface area contributed by atoms with Gasteiger partial charge in [0.15, 0.2) is 5.78 Å². The summed E-state index contributed by atoms with van der Waals surface area (Å²) < 4.78 is 12.7. The Bertz CT molecular complexity index is 1850. The minimum absolute atomic E-state index is 0.00234. The third-order valence-corrected chi connectivity index (χ3v) is 12.8. The maximum absolute atomic E-state index is 13.6. The van der Waals surface area contributed by atoms with Crippen molar-refractivity contribution < 1.29 is 24.2 Å². The predicted molar refractivity (Wildman–Crippen MR) is 189 cm³/mol. The van der Waals surface area contributed by atoms with E-state index in [0.717, 1.165) is 50.4 Å². The van der Waals surface area contributed by atoms with Crippen molar-refractivity contribution in [2.45, 2.75) is 83.8 Å². The van der Waals surface area contributed by atoms with Crippen molar-refractivity contribution in [1.82, 2.24) is 19.8 Å². The quantitative estimate of drug-likeness (QED) is 0.342. The molecule has 4 fully saturated rings. The molecular weight excluding hydrogens is 650 g/mol. The molecule has 1 N–H and O–H groups in total. The van der Waals surface area contributed by atoms with E-state index in [1.54, 1.807) is 62.8 Å². The number of nitrogens with zero attached hydrogens (tertiary/aromatic N) is 7. The van der Waals surface area contributed by atoms with Gasteiger partial charge in [-0.1, -0.05) is 24.3 Å². The van der Waals surface area contributed by atoms with Crippen LogP contribution in [0.2, 0.25) is 0 Å². The number of tetrazole rings is 1. The average Bonchev–Trinajstić information content (AvgIpc) is 3.83. The summed E-state index contributed by atoms with van der Waals surface area (Å²) in [4.78, 5) is 38.0. The number of amides is 1. The van der Waals surface area contributed by atoms with Gasteiger partial charge in [0, 0.05) is 18.1 Å². The maximum atomic E-state index is 13.6. The second-order valence-electron chi connectivity index (χ2n) is 15.6. The third kappa shape index (κ3) is 6.72. The van der Waals surface area contributed by atoms with Crippen LogP contribution < -0.4 is 20.2 Å². The number of carbonyl (C=O) groups excluding carboxylic acids is 2. The summed E-state index contributed by atoms with van der Waals surface area (Å²) >= 11 is 0. The molecule has 272 valence electrons. The molecule has 1 aliphatic heterocycles. The lowest BCUT2D eigenvalue weighted by molar-refractivity contribution is -0.133. The molecule has 0 radical (unpaired) electrons. The van der Waals surface area contributed by atoms with Crippen molar-refractivity contribution in [2.24, 2.45) is 51.3 Å². The molecule has 0 unspecified atom stereocenters. The summed E-state index contributed by atoms with van der Waals surface area (Å²) in [6.07, 6.45) is 9.76. The zero-order valence-corrected chi connectivity index (χ0v) is 30.0. The fourth-order valence-electron chi connectivity index (χ4n) is 10.4. The van der Waals surface area contributed by atoms with E-state index in [0.29, 0.717) is 40.6 Å². The van der Waals surface area contributed by atoms with Crippen LogP contribution in [0.5, 0.6) is 11.5 Å². The predicted octanol–water partition coefficient (Wildman–Crippen LogP) is 5.44. The molecule has 0 bridgehead atoms. The molecule has 0 saturated heterocycles. The SMILES string of the molecule is COc1cccc(-n2nnn(CC(=O)[C@H]3CC[C@H]4[C@@H]5CC[C@@H]6C[C@](C)(O)CC[C@@H]6[C@H]5CC[C@]34C)c2=O)c1.COc1cccc(N2N=NCC2=O)c1. The first kappa shape index (κ1) is 35.0. The molecule has 0 spiro atoms. The normalized spacial score (nSPS) is 32.3. The number of ether oxygens (including phenoxy) is 2. The molecular formula is C38H49N7O6. The molecule has 51 heavy (non-hydrogen) atoms.